The van der Waals surface area contributed by atoms with E-state index in [1.165, 1.54) is 18.6 Å². The van der Waals surface area contributed by atoms with Crippen LogP contribution in [-0.2, 0) is 14.8 Å². The minimum atomic E-state index is -3.73. The molecule has 1 amide bonds. The quantitative estimate of drug-likeness (QED) is 0.619. The number of carbonyl (C=O) groups is 1. The first-order valence-electron chi connectivity index (χ1n) is 10.4. The van der Waals surface area contributed by atoms with Gasteiger partial charge in [-0.3, -0.25) is 9.52 Å². The Balaban J connectivity index is 1.36. The highest BCUT2D eigenvalue weighted by Gasteiger charge is 2.26. The standard InChI is InChI=1S/C23H25N5O3S/c1-18(19-5-3-2-4-6-19)23(29)28-15-13-27(14-16-28)20-7-9-21(10-8-20)32(30,31)26-22-11-12-24-17-25-22/h2-12,17-18H,13-16H2,1H3,(H,24,25,26). The third-order valence-electron chi connectivity index (χ3n) is 5.59. The second-order valence-corrected chi connectivity index (χ2v) is 9.32. The molecule has 4 rings (SSSR count). The molecule has 32 heavy (non-hydrogen) atoms. The predicted molar refractivity (Wildman–Crippen MR) is 123 cm³/mol. The molecule has 1 aromatic heterocycles. The summed E-state index contributed by atoms with van der Waals surface area (Å²) in [7, 11) is -3.73. The number of hydrogen-bond donors (Lipinski definition) is 1. The summed E-state index contributed by atoms with van der Waals surface area (Å²) < 4.78 is 27.6. The van der Waals surface area contributed by atoms with E-state index in [1.807, 2.05) is 42.2 Å². The number of anilines is 2. The number of hydrogen-bond acceptors (Lipinski definition) is 6. The van der Waals surface area contributed by atoms with Gasteiger partial charge in [0.25, 0.3) is 10.0 Å². The zero-order valence-electron chi connectivity index (χ0n) is 17.8. The number of nitrogens with zero attached hydrogens (tertiary/aromatic N) is 4. The fourth-order valence-electron chi connectivity index (χ4n) is 3.73. The lowest BCUT2D eigenvalue weighted by Crippen LogP contribution is -2.49. The number of nitrogens with one attached hydrogen (secondary N) is 1. The second kappa shape index (κ2) is 9.35. The first-order valence-corrected chi connectivity index (χ1v) is 11.9. The summed E-state index contributed by atoms with van der Waals surface area (Å²) in [6.45, 7) is 4.59. The van der Waals surface area contributed by atoms with Crippen LogP contribution in [-0.4, -0.2) is 55.4 Å². The third kappa shape index (κ3) is 4.88. The summed E-state index contributed by atoms with van der Waals surface area (Å²) >= 11 is 0. The summed E-state index contributed by atoms with van der Waals surface area (Å²) in [6, 6.07) is 18.0. The molecule has 1 unspecified atom stereocenters. The minimum absolute atomic E-state index is 0.132. The fraction of sp³-hybridized carbons (Fsp3) is 0.261. The molecule has 3 aromatic rings. The summed E-state index contributed by atoms with van der Waals surface area (Å²) in [4.78, 5) is 24.8. The normalized spacial score (nSPS) is 15.3. The lowest BCUT2D eigenvalue weighted by Gasteiger charge is -2.37. The Morgan fingerprint density at radius 3 is 2.28 bits per heavy atom. The summed E-state index contributed by atoms with van der Waals surface area (Å²) in [6.07, 6.45) is 2.75. The molecular formula is C23H25N5O3S. The number of aromatic nitrogens is 2. The van der Waals surface area contributed by atoms with E-state index in [4.69, 9.17) is 0 Å². The van der Waals surface area contributed by atoms with Gasteiger partial charge >= 0.3 is 0 Å². The first-order chi connectivity index (χ1) is 15.4. The largest absolute Gasteiger partial charge is 0.368 e. The van der Waals surface area contributed by atoms with E-state index < -0.39 is 10.0 Å². The van der Waals surface area contributed by atoms with Crippen molar-refractivity contribution < 1.29 is 13.2 Å². The maximum absolute atomic E-state index is 12.9. The molecule has 1 fully saturated rings. The van der Waals surface area contributed by atoms with Gasteiger partial charge < -0.3 is 9.80 Å². The Kier molecular flexibility index (Phi) is 6.36. The van der Waals surface area contributed by atoms with Gasteiger partial charge in [-0.15, -0.1) is 0 Å². The van der Waals surface area contributed by atoms with E-state index in [0.29, 0.717) is 26.2 Å². The average Bonchev–Trinajstić information content (AvgIpc) is 2.84. The zero-order chi connectivity index (χ0) is 22.6. The van der Waals surface area contributed by atoms with Gasteiger partial charge in [0.2, 0.25) is 5.91 Å². The van der Waals surface area contributed by atoms with Crippen LogP contribution in [0.15, 0.2) is 78.1 Å². The maximum atomic E-state index is 12.9. The molecule has 0 aliphatic carbocycles. The lowest BCUT2D eigenvalue weighted by molar-refractivity contribution is -0.132. The molecular weight excluding hydrogens is 426 g/mol. The Hall–Kier alpha value is -3.46. The van der Waals surface area contributed by atoms with Crippen LogP contribution < -0.4 is 9.62 Å². The van der Waals surface area contributed by atoms with Crippen LogP contribution in [0.5, 0.6) is 0 Å². The molecule has 166 valence electrons. The average molecular weight is 452 g/mol. The number of benzene rings is 2. The van der Waals surface area contributed by atoms with Gasteiger partial charge in [-0.2, -0.15) is 0 Å². The van der Waals surface area contributed by atoms with E-state index in [2.05, 4.69) is 19.6 Å². The Morgan fingerprint density at radius 2 is 1.66 bits per heavy atom. The van der Waals surface area contributed by atoms with Gasteiger partial charge in [-0.25, -0.2) is 18.4 Å². The van der Waals surface area contributed by atoms with Crippen LogP contribution in [0.25, 0.3) is 0 Å². The molecule has 9 heteroatoms. The van der Waals surface area contributed by atoms with Crippen LogP contribution in [0.4, 0.5) is 11.5 Å². The molecule has 1 aliphatic heterocycles. The Bertz CT molecular complexity index is 1150. The summed E-state index contributed by atoms with van der Waals surface area (Å²) in [5.41, 5.74) is 1.95. The van der Waals surface area contributed by atoms with Crippen molar-refractivity contribution in [3.05, 3.63) is 78.8 Å². The number of carbonyl (C=O) groups excluding carboxylic acids is 1. The van der Waals surface area contributed by atoms with Gasteiger partial charge in [0.05, 0.1) is 10.8 Å². The van der Waals surface area contributed by atoms with Crippen molar-refractivity contribution in [3.63, 3.8) is 0 Å². The predicted octanol–water partition coefficient (Wildman–Crippen LogP) is 2.73. The molecule has 1 N–H and O–H groups in total. The third-order valence-corrected chi connectivity index (χ3v) is 6.97. The molecule has 0 radical (unpaired) electrons. The van der Waals surface area contributed by atoms with Gasteiger partial charge in [0, 0.05) is 38.1 Å². The molecule has 1 atom stereocenters. The highest BCUT2D eigenvalue weighted by molar-refractivity contribution is 7.92. The van der Waals surface area contributed by atoms with E-state index in [9.17, 15) is 13.2 Å². The first kappa shape index (κ1) is 21.8. The second-order valence-electron chi connectivity index (χ2n) is 7.64. The number of piperazine rings is 1. The molecule has 0 saturated carbocycles. The minimum Gasteiger partial charge on any atom is -0.368 e. The van der Waals surface area contributed by atoms with E-state index in [0.717, 1.165) is 11.3 Å². The fourth-order valence-corrected chi connectivity index (χ4v) is 4.74. The maximum Gasteiger partial charge on any atom is 0.263 e. The lowest BCUT2D eigenvalue weighted by atomic mass is 9.99. The molecule has 0 bridgehead atoms. The topological polar surface area (TPSA) is 95.5 Å². The smallest absolute Gasteiger partial charge is 0.263 e. The molecule has 1 aliphatic rings. The van der Waals surface area contributed by atoms with Crippen molar-refractivity contribution in [2.75, 3.05) is 35.8 Å². The van der Waals surface area contributed by atoms with E-state index in [1.54, 1.807) is 24.3 Å². The Morgan fingerprint density at radius 1 is 0.969 bits per heavy atom. The van der Waals surface area contributed by atoms with Crippen LogP contribution >= 0.6 is 0 Å². The molecule has 0 spiro atoms. The van der Waals surface area contributed by atoms with Crippen molar-refractivity contribution in [2.24, 2.45) is 0 Å². The van der Waals surface area contributed by atoms with Gasteiger partial charge in [-0.05, 0) is 42.8 Å². The van der Waals surface area contributed by atoms with Gasteiger partial charge in [-0.1, -0.05) is 30.3 Å². The van der Waals surface area contributed by atoms with Crippen LogP contribution in [0, 0.1) is 0 Å². The molecule has 8 nitrogen and oxygen atoms in total. The van der Waals surface area contributed by atoms with Crippen molar-refractivity contribution >= 4 is 27.4 Å². The highest BCUT2D eigenvalue weighted by atomic mass is 32.2. The van der Waals surface area contributed by atoms with Crippen LogP contribution in [0.3, 0.4) is 0 Å². The van der Waals surface area contributed by atoms with Crippen LogP contribution in [0.2, 0.25) is 0 Å². The summed E-state index contributed by atoms with van der Waals surface area (Å²) in [5, 5.41) is 0. The SMILES string of the molecule is CC(C(=O)N1CCN(c2ccc(S(=O)(=O)Nc3ccncn3)cc2)CC1)c1ccccc1. The van der Waals surface area contributed by atoms with Crippen molar-refractivity contribution in [2.45, 2.75) is 17.7 Å². The van der Waals surface area contributed by atoms with Gasteiger partial charge in [0.1, 0.15) is 12.1 Å². The van der Waals surface area contributed by atoms with Crippen LogP contribution in [0.1, 0.15) is 18.4 Å². The molecule has 2 heterocycles. The molecule has 2 aromatic carbocycles. The summed E-state index contributed by atoms with van der Waals surface area (Å²) in [5.74, 6) is 0.178. The Labute approximate surface area is 188 Å². The molecule has 1 saturated heterocycles. The number of sulfonamides is 1. The number of rotatable bonds is 6. The van der Waals surface area contributed by atoms with E-state index >= 15 is 0 Å². The van der Waals surface area contributed by atoms with Crippen molar-refractivity contribution in [1.82, 2.24) is 14.9 Å². The highest BCUT2D eigenvalue weighted by Crippen LogP contribution is 2.23. The number of amides is 1. The monoisotopic (exact) mass is 451 g/mol. The van der Waals surface area contributed by atoms with Gasteiger partial charge in [0.15, 0.2) is 0 Å². The van der Waals surface area contributed by atoms with E-state index in [-0.39, 0.29) is 22.5 Å². The van der Waals surface area contributed by atoms with Crippen molar-refractivity contribution in [3.8, 4) is 0 Å². The van der Waals surface area contributed by atoms with Crippen molar-refractivity contribution in [1.29, 1.82) is 0 Å². The zero-order valence-corrected chi connectivity index (χ0v) is 18.6.